The predicted octanol–water partition coefficient (Wildman–Crippen LogP) is 3.07. The second-order valence-corrected chi connectivity index (χ2v) is 5.05. The summed E-state index contributed by atoms with van der Waals surface area (Å²) < 4.78 is 6.28. The van der Waals surface area contributed by atoms with E-state index in [-0.39, 0.29) is 6.61 Å². The molecule has 0 saturated carbocycles. The molecule has 1 rings (SSSR count). The first kappa shape index (κ1) is 12.9. The number of halogens is 1. The number of aliphatic hydroxyl groups is 1. The fourth-order valence-corrected chi connectivity index (χ4v) is 2.65. The Morgan fingerprint density at radius 3 is 2.93 bits per heavy atom. The van der Waals surface area contributed by atoms with Crippen LogP contribution in [0.25, 0.3) is 0 Å². The van der Waals surface area contributed by atoms with Crippen molar-refractivity contribution in [2.24, 2.45) is 0 Å². The van der Waals surface area contributed by atoms with E-state index in [2.05, 4.69) is 15.9 Å². The lowest BCUT2D eigenvalue weighted by molar-refractivity contribution is 0.296. The van der Waals surface area contributed by atoms with Gasteiger partial charge in [-0.3, -0.25) is 0 Å². The van der Waals surface area contributed by atoms with Gasteiger partial charge in [0, 0.05) is 16.8 Å². The minimum atomic E-state index is 0.270. The summed E-state index contributed by atoms with van der Waals surface area (Å²) in [6, 6.07) is 5.97. The maximum absolute atomic E-state index is 8.66. The van der Waals surface area contributed by atoms with E-state index >= 15 is 0 Å². The van der Waals surface area contributed by atoms with Gasteiger partial charge in [0.25, 0.3) is 0 Å². The molecule has 0 spiro atoms. The Hall–Kier alpha value is -0.190. The van der Waals surface area contributed by atoms with Gasteiger partial charge in [0.1, 0.15) is 5.75 Å². The van der Waals surface area contributed by atoms with Crippen LogP contribution in [-0.4, -0.2) is 24.6 Å². The highest BCUT2D eigenvalue weighted by atomic mass is 79.9. The number of benzene rings is 1. The van der Waals surface area contributed by atoms with Crippen molar-refractivity contribution >= 4 is 27.7 Å². The minimum Gasteiger partial charge on any atom is -0.497 e. The van der Waals surface area contributed by atoms with Crippen LogP contribution in [0.4, 0.5) is 0 Å². The van der Waals surface area contributed by atoms with Crippen LogP contribution < -0.4 is 4.74 Å². The van der Waals surface area contributed by atoms with Gasteiger partial charge in [-0.2, -0.15) is 11.8 Å². The Labute approximate surface area is 103 Å². The maximum atomic E-state index is 8.66. The topological polar surface area (TPSA) is 29.5 Å². The lowest BCUT2D eigenvalue weighted by Crippen LogP contribution is -1.90. The second kappa shape index (κ2) is 7.14. The number of thioether (sulfide) groups is 1. The average molecular weight is 291 g/mol. The van der Waals surface area contributed by atoms with E-state index in [1.54, 1.807) is 7.11 Å². The molecule has 1 aromatic carbocycles. The van der Waals surface area contributed by atoms with Crippen molar-refractivity contribution in [2.75, 3.05) is 19.5 Å². The number of hydrogen-bond donors (Lipinski definition) is 1. The molecule has 0 atom stereocenters. The van der Waals surface area contributed by atoms with Gasteiger partial charge in [-0.15, -0.1) is 0 Å². The van der Waals surface area contributed by atoms with Gasteiger partial charge in [-0.1, -0.05) is 15.9 Å². The summed E-state index contributed by atoms with van der Waals surface area (Å²) in [4.78, 5) is 0. The minimum absolute atomic E-state index is 0.270. The van der Waals surface area contributed by atoms with Crippen LogP contribution >= 0.6 is 27.7 Å². The van der Waals surface area contributed by atoms with Gasteiger partial charge in [0.2, 0.25) is 0 Å². The first-order valence-corrected chi connectivity index (χ1v) is 6.73. The Bertz CT molecular complexity index is 305. The first-order chi connectivity index (χ1) is 7.27. The van der Waals surface area contributed by atoms with Crippen molar-refractivity contribution < 1.29 is 9.84 Å². The Morgan fingerprint density at radius 2 is 2.27 bits per heavy atom. The summed E-state index contributed by atoms with van der Waals surface area (Å²) in [6.07, 6.45) is 0.853. The molecule has 0 heterocycles. The highest BCUT2D eigenvalue weighted by Gasteiger charge is 2.02. The SMILES string of the molecule is COc1ccc(Br)c(CSCCCO)c1. The van der Waals surface area contributed by atoms with Crippen LogP contribution in [0.1, 0.15) is 12.0 Å². The van der Waals surface area contributed by atoms with Gasteiger partial charge in [0.15, 0.2) is 0 Å². The van der Waals surface area contributed by atoms with Crippen LogP contribution in [0.2, 0.25) is 0 Å². The summed E-state index contributed by atoms with van der Waals surface area (Å²) in [6.45, 7) is 0.270. The number of hydrogen-bond acceptors (Lipinski definition) is 3. The monoisotopic (exact) mass is 290 g/mol. The Balaban J connectivity index is 2.51. The molecule has 0 aliphatic carbocycles. The maximum Gasteiger partial charge on any atom is 0.119 e. The van der Waals surface area contributed by atoms with Crippen molar-refractivity contribution in [1.82, 2.24) is 0 Å². The zero-order chi connectivity index (χ0) is 11.1. The molecule has 0 unspecified atom stereocenters. The molecular formula is C11H15BrO2S. The molecule has 0 aliphatic heterocycles. The van der Waals surface area contributed by atoms with E-state index in [4.69, 9.17) is 9.84 Å². The number of ether oxygens (including phenoxy) is 1. The molecule has 4 heteroatoms. The smallest absolute Gasteiger partial charge is 0.119 e. The molecule has 0 fully saturated rings. The number of aliphatic hydroxyl groups excluding tert-OH is 1. The number of rotatable bonds is 6. The molecular weight excluding hydrogens is 276 g/mol. The molecule has 0 bridgehead atoms. The van der Waals surface area contributed by atoms with Crippen LogP contribution in [0, 0.1) is 0 Å². The highest BCUT2D eigenvalue weighted by molar-refractivity contribution is 9.10. The molecule has 1 aromatic rings. The lowest BCUT2D eigenvalue weighted by atomic mass is 10.2. The van der Waals surface area contributed by atoms with Gasteiger partial charge < -0.3 is 9.84 Å². The third-order valence-electron chi connectivity index (χ3n) is 1.96. The quantitative estimate of drug-likeness (QED) is 0.817. The summed E-state index contributed by atoms with van der Waals surface area (Å²) in [5, 5.41) is 8.66. The van der Waals surface area contributed by atoms with Crippen molar-refractivity contribution in [2.45, 2.75) is 12.2 Å². The molecule has 0 aromatic heterocycles. The summed E-state index contributed by atoms with van der Waals surface area (Å²) >= 11 is 5.33. The Morgan fingerprint density at radius 1 is 1.47 bits per heavy atom. The molecule has 0 aliphatic rings. The summed E-state index contributed by atoms with van der Waals surface area (Å²) in [5.74, 6) is 2.81. The summed E-state index contributed by atoms with van der Waals surface area (Å²) in [5.41, 5.74) is 1.23. The molecule has 2 nitrogen and oxygen atoms in total. The molecule has 0 saturated heterocycles. The van der Waals surface area contributed by atoms with Gasteiger partial charge >= 0.3 is 0 Å². The zero-order valence-corrected chi connectivity index (χ0v) is 11.1. The average Bonchev–Trinajstić information content (AvgIpc) is 2.26. The fraction of sp³-hybridized carbons (Fsp3) is 0.455. The van der Waals surface area contributed by atoms with Gasteiger partial charge in [0.05, 0.1) is 7.11 Å². The van der Waals surface area contributed by atoms with E-state index in [1.807, 2.05) is 30.0 Å². The second-order valence-electron chi connectivity index (χ2n) is 3.09. The summed E-state index contributed by atoms with van der Waals surface area (Å²) in [7, 11) is 1.67. The molecule has 1 N–H and O–H groups in total. The Kier molecular flexibility index (Phi) is 6.13. The van der Waals surface area contributed by atoms with E-state index in [0.717, 1.165) is 28.1 Å². The lowest BCUT2D eigenvalue weighted by Gasteiger charge is -2.06. The van der Waals surface area contributed by atoms with Gasteiger partial charge in [-0.25, -0.2) is 0 Å². The molecule has 84 valence electrons. The van der Waals surface area contributed by atoms with Crippen LogP contribution in [0.3, 0.4) is 0 Å². The molecule has 0 radical (unpaired) electrons. The first-order valence-electron chi connectivity index (χ1n) is 4.79. The number of methoxy groups -OCH3 is 1. The van der Waals surface area contributed by atoms with E-state index in [0.29, 0.717) is 0 Å². The normalized spacial score (nSPS) is 10.3. The fourth-order valence-electron chi connectivity index (χ4n) is 1.14. The van der Waals surface area contributed by atoms with Crippen LogP contribution in [0.15, 0.2) is 22.7 Å². The highest BCUT2D eigenvalue weighted by Crippen LogP contribution is 2.26. The predicted molar refractivity (Wildman–Crippen MR) is 68.6 cm³/mol. The van der Waals surface area contributed by atoms with Crippen LogP contribution in [0.5, 0.6) is 5.75 Å². The molecule has 15 heavy (non-hydrogen) atoms. The van der Waals surface area contributed by atoms with Crippen molar-refractivity contribution in [3.05, 3.63) is 28.2 Å². The largest absolute Gasteiger partial charge is 0.497 e. The van der Waals surface area contributed by atoms with Crippen molar-refractivity contribution in [3.8, 4) is 5.75 Å². The van der Waals surface area contributed by atoms with Crippen LogP contribution in [-0.2, 0) is 5.75 Å². The molecule has 0 amide bonds. The van der Waals surface area contributed by atoms with Crippen molar-refractivity contribution in [3.63, 3.8) is 0 Å². The third kappa shape index (κ3) is 4.45. The van der Waals surface area contributed by atoms with Gasteiger partial charge in [-0.05, 0) is 35.9 Å². The zero-order valence-electron chi connectivity index (χ0n) is 8.70. The third-order valence-corrected chi connectivity index (χ3v) is 3.82. The van der Waals surface area contributed by atoms with Crippen molar-refractivity contribution in [1.29, 1.82) is 0 Å². The standard InChI is InChI=1S/C11H15BrO2S/c1-14-10-3-4-11(12)9(7-10)8-15-6-2-5-13/h3-4,7,13H,2,5-6,8H2,1H3. The van der Waals surface area contributed by atoms with E-state index in [1.165, 1.54) is 5.56 Å². The van der Waals surface area contributed by atoms with E-state index in [9.17, 15) is 0 Å². The van der Waals surface area contributed by atoms with E-state index < -0.39 is 0 Å².